The van der Waals surface area contributed by atoms with Crippen LogP contribution in [0.15, 0.2) is 73.2 Å². The van der Waals surface area contributed by atoms with Crippen LogP contribution in [0.25, 0.3) is 11.3 Å². The molecule has 1 amide bonds. The first-order valence-corrected chi connectivity index (χ1v) is 10.7. The van der Waals surface area contributed by atoms with Gasteiger partial charge < -0.3 is 16.4 Å². The van der Waals surface area contributed by atoms with Crippen LogP contribution in [0.5, 0.6) is 0 Å². The van der Waals surface area contributed by atoms with Crippen molar-refractivity contribution in [3.05, 3.63) is 101 Å². The molecule has 0 atom stereocenters. The summed E-state index contributed by atoms with van der Waals surface area (Å²) in [6, 6.07) is 18.1. The highest BCUT2D eigenvalue weighted by Crippen LogP contribution is 2.23. The van der Waals surface area contributed by atoms with Crippen molar-refractivity contribution < 1.29 is 4.79 Å². The van der Waals surface area contributed by atoms with Crippen LogP contribution < -0.4 is 16.4 Å². The standard InChI is InChI=1S/C26H23N7O/c1-17-12-31-22(16-30-17)15-29-13-18-10-21(11-27)25(32-14-18)19-6-8-20(9-7-19)26(34)33-24-5-3-2-4-23(24)28/h2-10,12,14,16,29H,13,15,28H2,1H3,(H,33,34). The van der Waals surface area contributed by atoms with E-state index < -0.39 is 0 Å². The summed E-state index contributed by atoms with van der Waals surface area (Å²) < 4.78 is 0. The van der Waals surface area contributed by atoms with Gasteiger partial charge in [0.05, 0.1) is 34.0 Å². The Morgan fingerprint density at radius 2 is 1.79 bits per heavy atom. The molecule has 2 aromatic heterocycles. The van der Waals surface area contributed by atoms with Crippen LogP contribution in [0, 0.1) is 18.3 Å². The Kier molecular flexibility index (Phi) is 6.87. The molecule has 8 heteroatoms. The van der Waals surface area contributed by atoms with Gasteiger partial charge in [0.2, 0.25) is 0 Å². The molecule has 4 rings (SSSR count). The summed E-state index contributed by atoms with van der Waals surface area (Å²) in [4.78, 5) is 25.6. The largest absolute Gasteiger partial charge is 0.397 e. The summed E-state index contributed by atoms with van der Waals surface area (Å²) in [5, 5.41) is 15.8. The lowest BCUT2D eigenvalue weighted by molar-refractivity contribution is 0.102. The molecular weight excluding hydrogens is 426 g/mol. The number of anilines is 2. The molecule has 0 aliphatic rings. The molecule has 34 heavy (non-hydrogen) atoms. The minimum Gasteiger partial charge on any atom is -0.397 e. The number of aryl methyl sites for hydroxylation is 1. The molecular formula is C26H23N7O. The Bertz CT molecular complexity index is 1340. The molecule has 0 aliphatic heterocycles. The zero-order chi connectivity index (χ0) is 23.9. The van der Waals surface area contributed by atoms with Crippen LogP contribution in [0.2, 0.25) is 0 Å². The SMILES string of the molecule is Cc1cnc(CNCc2cnc(-c3ccc(C(=O)Nc4ccccc4N)cc3)c(C#N)c2)cn1. The van der Waals surface area contributed by atoms with Gasteiger partial charge in [0.15, 0.2) is 0 Å². The van der Waals surface area contributed by atoms with E-state index in [9.17, 15) is 10.1 Å². The van der Waals surface area contributed by atoms with Crippen molar-refractivity contribution in [2.75, 3.05) is 11.1 Å². The van der Waals surface area contributed by atoms with Crippen LogP contribution in [-0.2, 0) is 13.1 Å². The number of hydrogen-bond acceptors (Lipinski definition) is 7. The average molecular weight is 450 g/mol. The number of benzene rings is 2. The third-order valence-corrected chi connectivity index (χ3v) is 5.16. The normalized spacial score (nSPS) is 10.5. The fourth-order valence-corrected chi connectivity index (χ4v) is 3.35. The number of rotatable bonds is 7. The van der Waals surface area contributed by atoms with Crippen molar-refractivity contribution in [3.63, 3.8) is 0 Å². The van der Waals surface area contributed by atoms with Crippen molar-refractivity contribution in [1.82, 2.24) is 20.3 Å². The summed E-state index contributed by atoms with van der Waals surface area (Å²) >= 11 is 0. The minimum atomic E-state index is -0.266. The number of aromatic nitrogens is 3. The molecule has 0 saturated heterocycles. The Hall–Kier alpha value is -4.61. The summed E-state index contributed by atoms with van der Waals surface area (Å²) in [5.74, 6) is -0.266. The molecule has 2 aromatic carbocycles. The van der Waals surface area contributed by atoms with Gasteiger partial charge in [0.25, 0.3) is 5.91 Å². The Balaban J connectivity index is 1.43. The van der Waals surface area contributed by atoms with E-state index in [0.717, 1.165) is 22.5 Å². The van der Waals surface area contributed by atoms with Gasteiger partial charge in [-0.2, -0.15) is 5.26 Å². The maximum absolute atomic E-state index is 12.6. The molecule has 8 nitrogen and oxygen atoms in total. The molecule has 2 heterocycles. The van der Waals surface area contributed by atoms with E-state index in [1.807, 2.05) is 13.0 Å². The van der Waals surface area contributed by atoms with E-state index in [4.69, 9.17) is 5.73 Å². The second-order valence-electron chi connectivity index (χ2n) is 7.72. The number of nitrogens with one attached hydrogen (secondary N) is 2. The Labute approximate surface area is 197 Å². The molecule has 0 radical (unpaired) electrons. The number of para-hydroxylation sites is 2. The van der Waals surface area contributed by atoms with Gasteiger partial charge >= 0.3 is 0 Å². The zero-order valence-corrected chi connectivity index (χ0v) is 18.6. The number of hydrogen-bond donors (Lipinski definition) is 3. The average Bonchev–Trinajstić information content (AvgIpc) is 2.86. The summed E-state index contributed by atoms with van der Waals surface area (Å²) in [7, 11) is 0. The van der Waals surface area contributed by atoms with Crippen LogP contribution in [0.3, 0.4) is 0 Å². The lowest BCUT2D eigenvalue weighted by atomic mass is 10.0. The maximum atomic E-state index is 12.6. The molecule has 0 spiro atoms. The van der Waals surface area contributed by atoms with E-state index in [0.29, 0.717) is 41.3 Å². The van der Waals surface area contributed by atoms with Crippen LogP contribution in [-0.4, -0.2) is 20.9 Å². The van der Waals surface area contributed by atoms with Crippen LogP contribution in [0.1, 0.15) is 32.9 Å². The third-order valence-electron chi connectivity index (χ3n) is 5.16. The predicted molar refractivity (Wildman–Crippen MR) is 131 cm³/mol. The first-order valence-electron chi connectivity index (χ1n) is 10.7. The maximum Gasteiger partial charge on any atom is 0.255 e. The fraction of sp³-hybridized carbons (Fsp3) is 0.115. The molecule has 4 aromatic rings. The number of carbonyl (C=O) groups excluding carboxylic acids is 1. The van der Waals surface area contributed by atoms with Crippen molar-refractivity contribution >= 4 is 17.3 Å². The zero-order valence-electron chi connectivity index (χ0n) is 18.6. The number of nitrogens with two attached hydrogens (primary N) is 1. The first kappa shape index (κ1) is 22.6. The monoisotopic (exact) mass is 449 g/mol. The van der Waals surface area contributed by atoms with E-state index >= 15 is 0 Å². The molecule has 0 unspecified atom stereocenters. The number of nitrogens with zero attached hydrogens (tertiary/aromatic N) is 4. The summed E-state index contributed by atoms with van der Waals surface area (Å²) in [6.45, 7) is 3.00. The van der Waals surface area contributed by atoms with Crippen LogP contribution in [0.4, 0.5) is 11.4 Å². The molecule has 168 valence electrons. The van der Waals surface area contributed by atoms with Gasteiger partial charge in [-0.1, -0.05) is 24.3 Å². The lowest BCUT2D eigenvalue weighted by Gasteiger charge is -2.10. The third kappa shape index (κ3) is 5.41. The van der Waals surface area contributed by atoms with Crippen molar-refractivity contribution in [1.29, 1.82) is 5.26 Å². The summed E-state index contributed by atoms with van der Waals surface area (Å²) in [6.07, 6.45) is 5.21. The van der Waals surface area contributed by atoms with Crippen molar-refractivity contribution in [3.8, 4) is 17.3 Å². The lowest BCUT2D eigenvalue weighted by Crippen LogP contribution is -2.14. The van der Waals surface area contributed by atoms with E-state index in [1.54, 1.807) is 67.1 Å². The van der Waals surface area contributed by atoms with E-state index in [2.05, 4.69) is 31.7 Å². The number of amides is 1. The van der Waals surface area contributed by atoms with Crippen molar-refractivity contribution in [2.45, 2.75) is 20.0 Å². The van der Waals surface area contributed by atoms with Crippen molar-refractivity contribution in [2.24, 2.45) is 0 Å². The highest BCUT2D eigenvalue weighted by atomic mass is 16.1. The first-order chi connectivity index (χ1) is 16.5. The van der Waals surface area contributed by atoms with Gasteiger partial charge in [-0.3, -0.25) is 19.7 Å². The Morgan fingerprint density at radius 1 is 1.00 bits per heavy atom. The number of nitrogen functional groups attached to an aromatic ring is 1. The molecule has 0 fully saturated rings. The molecule has 0 saturated carbocycles. The van der Waals surface area contributed by atoms with Gasteiger partial charge in [0, 0.05) is 42.8 Å². The fourth-order valence-electron chi connectivity index (χ4n) is 3.35. The van der Waals surface area contributed by atoms with Gasteiger partial charge in [-0.25, -0.2) is 0 Å². The predicted octanol–water partition coefficient (Wildman–Crippen LogP) is 3.84. The van der Waals surface area contributed by atoms with Gasteiger partial charge in [-0.15, -0.1) is 0 Å². The molecule has 0 bridgehead atoms. The Morgan fingerprint density at radius 3 is 2.50 bits per heavy atom. The van der Waals surface area contributed by atoms with E-state index in [1.165, 1.54) is 0 Å². The topological polar surface area (TPSA) is 130 Å². The second kappa shape index (κ2) is 10.3. The minimum absolute atomic E-state index is 0.266. The van der Waals surface area contributed by atoms with Crippen LogP contribution >= 0.6 is 0 Å². The highest BCUT2D eigenvalue weighted by molar-refractivity contribution is 6.05. The summed E-state index contributed by atoms with van der Waals surface area (Å²) in [5.41, 5.74) is 11.8. The number of carbonyl (C=O) groups is 1. The van der Waals surface area contributed by atoms with Gasteiger partial charge in [0.1, 0.15) is 6.07 Å². The smallest absolute Gasteiger partial charge is 0.255 e. The number of pyridine rings is 1. The van der Waals surface area contributed by atoms with E-state index in [-0.39, 0.29) is 5.91 Å². The number of nitriles is 1. The quantitative estimate of drug-likeness (QED) is 0.365. The molecule has 4 N–H and O–H groups in total. The highest BCUT2D eigenvalue weighted by Gasteiger charge is 2.11. The molecule has 0 aliphatic carbocycles. The second-order valence-corrected chi connectivity index (χ2v) is 7.72. The van der Waals surface area contributed by atoms with Gasteiger partial charge in [-0.05, 0) is 42.8 Å².